The fraction of sp³-hybridized carbons (Fsp3) is 0.786. The summed E-state index contributed by atoms with van der Waals surface area (Å²) in [6.45, 7) is 6.70. The van der Waals surface area contributed by atoms with Crippen LogP contribution in [0.25, 0.3) is 0 Å². The summed E-state index contributed by atoms with van der Waals surface area (Å²) in [6.07, 6.45) is 7.50. The van der Waals surface area contributed by atoms with Crippen LogP contribution in [-0.2, 0) is 0 Å². The zero-order valence-corrected chi connectivity index (χ0v) is 11.4. The summed E-state index contributed by atoms with van der Waals surface area (Å²) in [5.41, 5.74) is 0. The van der Waals surface area contributed by atoms with Crippen molar-refractivity contribution in [3.05, 3.63) is 12.7 Å². The second-order valence-electron chi connectivity index (χ2n) is 5.03. The smallest absolute Gasteiger partial charge is 0.317 e. The number of hydrogen-bond acceptors (Lipinski definition) is 2. The topological polar surface area (TPSA) is 52.6 Å². The number of nitrogens with one attached hydrogen (secondary N) is 1. The maximum atomic E-state index is 12.0. The summed E-state index contributed by atoms with van der Waals surface area (Å²) < 4.78 is 0. The quantitative estimate of drug-likeness (QED) is 0.714. The third-order valence-corrected chi connectivity index (χ3v) is 3.76. The molecule has 4 nitrogen and oxygen atoms in total. The summed E-state index contributed by atoms with van der Waals surface area (Å²) in [5, 5.41) is 12.0. The van der Waals surface area contributed by atoms with Gasteiger partial charge in [0.2, 0.25) is 0 Å². The molecule has 2 amide bonds. The fourth-order valence-corrected chi connectivity index (χ4v) is 2.53. The van der Waals surface area contributed by atoms with E-state index in [0.717, 1.165) is 18.8 Å². The minimum atomic E-state index is -0.0797. The van der Waals surface area contributed by atoms with Crippen molar-refractivity contribution in [2.24, 2.45) is 5.92 Å². The van der Waals surface area contributed by atoms with E-state index in [4.69, 9.17) is 5.11 Å². The maximum absolute atomic E-state index is 12.0. The van der Waals surface area contributed by atoms with Crippen LogP contribution in [0.2, 0.25) is 0 Å². The molecule has 0 saturated heterocycles. The molecule has 18 heavy (non-hydrogen) atoms. The highest BCUT2D eigenvalue weighted by Crippen LogP contribution is 2.26. The first-order valence-corrected chi connectivity index (χ1v) is 6.98. The van der Waals surface area contributed by atoms with Gasteiger partial charge in [-0.05, 0) is 31.6 Å². The molecule has 104 valence electrons. The largest absolute Gasteiger partial charge is 0.395 e. The van der Waals surface area contributed by atoms with E-state index in [9.17, 15) is 4.79 Å². The number of nitrogens with zero attached hydrogens (tertiary/aromatic N) is 1. The number of aliphatic hydroxyl groups is 1. The van der Waals surface area contributed by atoms with Gasteiger partial charge >= 0.3 is 6.03 Å². The first-order valence-electron chi connectivity index (χ1n) is 6.98. The standard InChI is InChI=1S/C14H26N2O2/c1-3-9-16(10-11-17)14(18)15-13-7-5-12(4-2)6-8-13/h3,12-13,17H,1,4-11H2,2H3,(H,15,18). The molecule has 4 heteroatoms. The van der Waals surface area contributed by atoms with Gasteiger partial charge in [-0.25, -0.2) is 4.79 Å². The molecule has 0 aromatic rings. The molecule has 1 fully saturated rings. The highest BCUT2D eigenvalue weighted by Gasteiger charge is 2.22. The molecule has 0 spiro atoms. The first-order chi connectivity index (χ1) is 8.71. The Hall–Kier alpha value is -1.03. The summed E-state index contributed by atoms with van der Waals surface area (Å²) in [4.78, 5) is 13.6. The van der Waals surface area contributed by atoms with Gasteiger partial charge in [0, 0.05) is 19.1 Å². The maximum Gasteiger partial charge on any atom is 0.317 e. The van der Waals surface area contributed by atoms with Gasteiger partial charge in [-0.2, -0.15) is 0 Å². The molecule has 0 heterocycles. The number of amides is 2. The Morgan fingerprint density at radius 3 is 2.61 bits per heavy atom. The van der Waals surface area contributed by atoms with Crippen LogP contribution >= 0.6 is 0 Å². The molecule has 0 aliphatic heterocycles. The molecule has 1 saturated carbocycles. The molecule has 1 aliphatic rings. The van der Waals surface area contributed by atoms with Crippen molar-refractivity contribution >= 4 is 6.03 Å². The van der Waals surface area contributed by atoms with Crippen molar-refractivity contribution in [2.75, 3.05) is 19.7 Å². The second-order valence-corrected chi connectivity index (χ2v) is 5.03. The van der Waals surface area contributed by atoms with E-state index in [2.05, 4.69) is 18.8 Å². The van der Waals surface area contributed by atoms with Gasteiger partial charge in [0.15, 0.2) is 0 Å². The van der Waals surface area contributed by atoms with Gasteiger partial charge in [0.05, 0.1) is 6.61 Å². The van der Waals surface area contributed by atoms with E-state index >= 15 is 0 Å². The number of carbonyl (C=O) groups excluding carboxylic acids is 1. The Morgan fingerprint density at radius 1 is 1.44 bits per heavy atom. The lowest BCUT2D eigenvalue weighted by atomic mass is 9.84. The average molecular weight is 254 g/mol. The molecule has 0 atom stereocenters. The van der Waals surface area contributed by atoms with Crippen LogP contribution in [0.4, 0.5) is 4.79 Å². The monoisotopic (exact) mass is 254 g/mol. The molecular formula is C14H26N2O2. The van der Waals surface area contributed by atoms with Crippen molar-refractivity contribution in [1.82, 2.24) is 10.2 Å². The summed E-state index contributed by atoms with van der Waals surface area (Å²) in [7, 11) is 0. The van der Waals surface area contributed by atoms with Gasteiger partial charge in [0.25, 0.3) is 0 Å². The van der Waals surface area contributed by atoms with Crippen molar-refractivity contribution in [1.29, 1.82) is 0 Å². The van der Waals surface area contributed by atoms with Gasteiger partial charge in [-0.1, -0.05) is 19.4 Å². The molecular weight excluding hydrogens is 228 g/mol. The van der Waals surface area contributed by atoms with Crippen molar-refractivity contribution in [3.8, 4) is 0 Å². The van der Waals surface area contributed by atoms with Gasteiger partial charge in [-0.3, -0.25) is 0 Å². The van der Waals surface area contributed by atoms with Crippen molar-refractivity contribution in [3.63, 3.8) is 0 Å². The Labute approximate surface area is 110 Å². The second kappa shape index (κ2) is 8.14. The number of aliphatic hydroxyl groups excluding tert-OH is 1. The molecule has 2 N–H and O–H groups in total. The zero-order valence-electron chi connectivity index (χ0n) is 11.4. The fourth-order valence-electron chi connectivity index (χ4n) is 2.53. The Kier molecular flexibility index (Phi) is 6.80. The van der Waals surface area contributed by atoms with Crippen molar-refractivity contribution < 1.29 is 9.90 Å². The van der Waals surface area contributed by atoms with Crippen LogP contribution in [0.1, 0.15) is 39.0 Å². The van der Waals surface area contributed by atoms with Gasteiger partial charge in [0.1, 0.15) is 0 Å². The minimum absolute atomic E-state index is 0.0101. The van der Waals surface area contributed by atoms with Gasteiger partial charge < -0.3 is 15.3 Å². The Morgan fingerprint density at radius 2 is 2.11 bits per heavy atom. The van der Waals surface area contributed by atoms with Crippen LogP contribution in [0, 0.1) is 5.92 Å². The summed E-state index contributed by atoms with van der Waals surface area (Å²) in [5.74, 6) is 0.833. The molecule has 0 aromatic heterocycles. The normalized spacial score (nSPS) is 23.4. The predicted molar refractivity (Wildman–Crippen MR) is 73.4 cm³/mol. The molecule has 1 aliphatic carbocycles. The Balaban J connectivity index is 2.36. The summed E-state index contributed by atoms with van der Waals surface area (Å²) in [6, 6.07) is 0.218. The van der Waals surface area contributed by atoms with Crippen molar-refractivity contribution in [2.45, 2.75) is 45.1 Å². The minimum Gasteiger partial charge on any atom is -0.395 e. The lowest BCUT2D eigenvalue weighted by molar-refractivity contribution is 0.174. The Bertz CT molecular complexity index is 261. The number of urea groups is 1. The lowest BCUT2D eigenvalue weighted by Gasteiger charge is -2.30. The SMILES string of the molecule is C=CCN(CCO)C(=O)NC1CCC(CC)CC1. The van der Waals surface area contributed by atoms with E-state index < -0.39 is 0 Å². The number of hydrogen-bond donors (Lipinski definition) is 2. The molecule has 0 bridgehead atoms. The van der Waals surface area contributed by atoms with E-state index in [1.807, 2.05) is 0 Å². The highest BCUT2D eigenvalue weighted by atomic mass is 16.3. The van der Waals surface area contributed by atoms with E-state index in [1.165, 1.54) is 19.3 Å². The van der Waals surface area contributed by atoms with Crippen LogP contribution in [0.15, 0.2) is 12.7 Å². The zero-order chi connectivity index (χ0) is 13.4. The summed E-state index contributed by atoms with van der Waals surface area (Å²) >= 11 is 0. The highest BCUT2D eigenvalue weighted by molar-refractivity contribution is 5.74. The third-order valence-electron chi connectivity index (χ3n) is 3.76. The van der Waals surface area contributed by atoms with E-state index in [-0.39, 0.29) is 12.6 Å². The van der Waals surface area contributed by atoms with E-state index in [1.54, 1.807) is 11.0 Å². The number of rotatable bonds is 6. The lowest BCUT2D eigenvalue weighted by Crippen LogP contribution is -2.47. The predicted octanol–water partition coefficient (Wildman–Crippen LogP) is 2.15. The molecule has 0 radical (unpaired) electrons. The average Bonchev–Trinajstić information content (AvgIpc) is 2.39. The van der Waals surface area contributed by atoms with Crippen LogP contribution < -0.4 is 5.32 Å². The van der Waals surface area contributed by atoms with Crippen LogP contribution in [0.5, 0.6) is 0 Å². The molecule has 1 rings (SSSR count). The number of carbonyl (C=O) groups is 1. The molecule has 0 aromatic carbocycles. The van der Waals surface area contributed by atoms with E-state index in [0.29, 0.717) is 19.1 Å². The van der Waals surface area contributed by atoms with Gasteiger partial charge in [-0.15, -0.1) is 6.58 Å². The first kappa shape index (κ1) is 15.0. The third kappa shape index (κ3) is 4.69. The van der Waals surface area contributed by atoms with Crippen LogP contribution in [-0.4, -0.2) is 41.8 Å². The van der Waals surface area contributed by atoms with Crippen LogP contribution in [0.3, 0.4) is 0 Å². The molecule has 0 unspecified atom stereocenters.